The van der Waals surface area contributed by atoms with E-state index in [-0.39, 0.29) is 42.8 Å². The smallest absolute Gasteiger partial charge is 0.264 e. The normalized spacial score (nSPS) is 12.4. The van der Waals surface area contributed by atoms with Gasteiger partial charge in [-0.3, -0.25) is 18.4 Å². The molecule has 2 amide bonds. The van der Waals surface area contributed by atoms with Crippen LogP contribution in [-0.2, 0) is 21.2 Å². The van der Waals surface area contributed by atoms with Crippen molar-refractivity contribution in [2.75, 3.05) is 24.6 Å². The fraction of sp³-hybridized carbons (Fsp3) is 0.429. The Hall–Kier alpha value is -1.82. The van der Waals surface area contributed by atoms with Gasteiger partial charge in [0.05, 0.1) is 5.75 Å². The van der Waals surface area contributed by atoms with Crippen LogP contribution in [0.2, 0.25) is 0 Å². The number of rotatable bonds is 10. The van der Waals surface area contributed by atoms with Crippen molar-refractivity contribution in [2.24, 2.45) is 0 Å². The second-order valence-corrected chi connectivity index (χ2v) is 7.68. The minimum Gasteiger partial charge on any atom is -0.772 e. The summed E-state index contributed by atoms with van der Waals surface area (Å²) < 4.78 is 50.5. The first-order valence-electron chi connectivity index (χ1n) is 7.36. The molecule has 1 unspecified atom stereocenters. The summed E-state index contributed by atoms with van der Waals surface area (Å²) in [4.78, 5) is 23.9. The minimum absolute atomic E-state index is 0.0493. The molecule has 1 rings (SSSR count). The van der Waals surface area contributed by atoms with Crippen molar-refractivity contribution >= 4 is 33.0 Å². The maximum Gasteiger partial charge on any atom is 0.264 e. The summed E-state index contributed by atoms with van der Waals surface area (Å²) in [6.07, 6.45) is 0.349. The third-order valence-electron chi connectivity index (χ3n) is 3.02. The van der Waals surface area contributed by atoms with Crippen LogP contribution < -0.4 is 10.6 Å². The van der Waals surface area contributed by atoms with E-state index in [1.165, 1.54) is 24.3 Å². The molecule has 0 saturated carbocycles. The molecule has 0 aliphatic rings. The van der Waals surface area contributed by atoms with Gasteiger partial charge in [-0.15, -0.1) is 0 Å². The van der Waals surface area contributed by atoms with Gasteiger partial charge in [-0.25, -0.2) is 0 Å². The highest BCUT2D eigenvalue weighted by molar-refractivity contribution is 7.85. The Balaban J connectivity index is 2.51. The summed E-state index contributed by atoms with van der Waals surface area (Å²) in [5.41, 5.74) is 0.467. The summed E-state index contributed by atoms with van der Waals surface area (Å²) in [7, 11) is -4.06. The SMILES string of the molecule is O=C(NCCCS(=O)[O-])c1cccc(C(=O)NCCCS(=O)(=O)O)c1. The van der Waals surface area contributed by atoms with Crippen LogP contribution in [-0.4, -0.2) is 58.1 Å². The first-order valence-corrected chi connectivity index (χ1v) is 10.2. The maximum absolute atomic E-state index is 12.0. The van der Waals surface area contributed by atoms with Crippen LogP contribution in [0.3, 0.4) is 0 Å². The minimum atomic E-state index is -4.06. The Morgan fingerprint density at radius 3 is 2.08 bits per heavy atom. The second kappa shape index (κ2) is 10.2. The Morgan fingerprint density at radius 1 is 1.08 bits per heavy atom. The molecule has 9 nitrogen and oxygen atoms in total. The van der Waals surface area contributed by atoms with Crippen LogP contribution in [0.4, 0.5) is 0 Å². The molecule has 0 saturated heterocycles. The van der Waals surface area contributed by atoms with E-state index in [9.17, 15) is 26.8 Å². The topological polar surface area (TPSA) is 153 Å². The average molecular weight is 391 g/mol. The predicted octanol–water partition coefficient (Wildman–Crippen LogP) is -0.307. The highest BCUT2D eigenvalue weighted by atomic mass is 32.2. The number of carbonyl (C=O) groups is 2. The van der Waals surface area contributed by atoms with Crippen LogP contribution in [0, 0.1) is 0 Å². The number of benzene rings is 1. The third-order valence-corrected chi connectivity index (χ3v) is 4.45. The number of hydrogen-bond donors (Lipinski definition) is 3. The maximum atomic E-state index is 12.0. The largest absolute Gasteiger partial charge is 0.772 e. The molecule has 0 aromatic heterocycles. The molecule has 1 aromatic carbocycles. The molecule has 0 bridgehead atoms. The zero-order valence-corrected chi connectivity index (χ0v) is 14.9. The van der Waals surface area contributed by atoms with Crippen molar-refractivity contribution in [1.82, 2.24) is 10.6 Å². The molecule has 140 valence electrons. The van der Waals surface area contributed by atoms with E-state index < -0.39 is 38.8 Å². The molecule has 0 aliphatic carbocycles. The average Bonchev–Trinajstić information content (AvgIpc) is 2.54. The van der Waals surface area contributed by atoms with Gasteiger partial charge in [0, 0.05) is 30.0 Å². The molecule has 1 atom stereocenters. The van der Waals surface area contributed by atoms with E-state index in [1.54, 1.807) is 0 Å². The standard InChI is InChI=1S/C14H20N2O7S2/c17-13(15-6-2-8-24(19)20)11-4-1-5-12(10-11)14(18)16-7-3-9-25(21,22)23/h1,4-5,10H,2-3,6-9H2,(H,15,17)(H,16,18)(H,19,20)(H,21,22,23)/p-1. The lowest BCUT2D eigenvalue weighted by molar-refractivity contribution is 0.0953. The van der Waals surface area contributed by atoms with Gasteiger partial charge in [-0.1, -0.05) is 17.1 Å². The molecule has 25 heavy (non-hydrogen) atoms. The lowest BCUT2D eigenvalue weighted by Crippen LogP contribution is -2.27. The van der Waals surface area contributed by atoms with Crippen molar-refractivity contribution in [1.29, 1.82) is 0 Å². The van der Waals surface area contributed by atoms with Gasteiger partial charge >= 0.3 is 0 Å². The summed E-state index contributed by atoms with van der Waals surface area (Å²) in [5.74, 6) is -1.42. The van der Waals surface area contributed by atoms with Gasteiger partial charge in [0.25, 0.3) is 21.9 Å². The lowest BCUT2D eigenvalue weighted by Gasteiger charge is -2.08. The predicted molar refractivity (Wildman–Crippen MR) is 90.5 cm³/mol. The Morgan fingerprint density at radius 2 is 1.60 bits per heavy atom. The number of nitrogens with one attached hydrogen (secondary N) is 2. The van der Waals surface area contributed by atoms with Crippen LogP contribution >= 0.6 is 0 Å². The van der Waals surface area contributed by atoms with Crippen molar-refractivity contribution in [2.45, 2.75) is 12.8 Å². The van der Waals surface area contributed by atoms with Gasteiger partial charge in [0.15, 0.2) is 0 Å². The van der Waals surface area contributed by atoms with Crippen molar-refractivity contribution < 1.29 is 31.3 Å². The zero-order chi connectivity index (χ0) is 18.9. The fourth-order valence-corrected chi connectivity index (χ4v) is 2.74. The summed E-state index contributed by atoms with van der Waals surface area (Å²) in [6, 6.07) is 5.90. The molecular weight excluding hydrogens is 372 g/mol. The zero-order valence-electron chi connectivity index (χ0n) is 13.3. The summed E-state index contributed by atoms with van der Waals surface area (Å²) in [5, 5.41) is 5.04. The van der Waals surface area contributed by atoms with Crippen molar-refractivity contribution in [3.63, 3.8) is 0 Å². The number of hydrogen-bond acceptors (Lipinski definition) is 6. The van der Waals surface area contributed by atoms with E-state index >= 15 is 0 Å². The molecule has 0 fully saturated rings. The molecule has 0 radical (unpaired) electrons. The van der Waals surface area contributed by atoms with E-state index in [4.69, 9.17) is 4.55 Å². The molecule has 0 spiro atoms. The summed E-state index contributed by atoms with van der Waals surface area (Å²) >= 11 is -2.15. The first kappa shape index (κ1) is 21.2. The Labute approximate surface area is 148 Å². The molecule has 11 heteroatoms. The fourth-order valence-electron chi connectivity index (χ4n) is 1.85. The van der Waals surface area contributed by atoms with Crippen LogP contribution in [0.15, 0.2) is 24.3 Å². The molecular formula is C14H19N2O7S2-. The number of carbonyl (C=O) groups excluding carboxylic acids is 2. The van der Waals surface area contributed by atoms with Crippen LogP contribution in [0.25, 0.3) is 0 Å². The molecule has 3 N–H and O–H groups in total. The van der Waals surface area contributed by atoms with Gasteiger partial charge in [-0.05, 0) is 31.0 Å². The molecule has 0 aliphatic heterocycles. The Kier molecular flexibility index (Phi) is 8.69. The first-order chi connectivity index (χ1) is 11.7. The Bertz CT molecular complexity index is 734. The highest BCUT2D eigenvalue weighted by Crippen LogP contribution is 2.05. The monoisotopic (exact) mass is 391 g/mol. The van der Waals surface area contributed by atoms with E-state index in [0.717, 1.165) is 0 Å². The van der Waals surface area contributed by atoms with Gasteiger partial charge in [0.1, 0.15) is 0 Å². The van der Waals surface area contributed by atoms with Crippen molar-refractivity contribution in [3.05, 3.63) is 35.4 Å². The van der Waals surface area contributed by atoms with Gasteiger partial charge < -0.3 is 15.2 Å². The summed E-state index contributed by atoms with van der Waals surface area (Å²) in [6.45, 7) is 0.250. The van der Waals surface area contributed by atoms with E-state index in [2.05, 4.69) is 10.6 Å². The second-order valence-electron chi connectivity index (χ2n) is 5.09. The molecule has 1 aromatic rings. The van der Waals surface area contributed by atoms with E-state index in [0.29, 0.717) is 0 Å². The quantitative estimate of drug-likeness (QED) is 0.281. The van der Waals surface area contributed by atoms with Crippen molar-refractivity contribution in [3.8, 4) is 0 Å². The van der Waals surface area contributed by atoms with Crippen LogP contribution in [0.1, 0.15) is 33.6 Å². The highest BCUT2D eigenvalue weighted by Gasteiger charge is 2.11. The lowest BCUT2D eigenvalue weighted by atomic mass is 10.1. The van der Waals surface area contributed by atoms with Crippen LogP contribution in [0.5, 0.6) is 0 Å². The van der Waals surface area contributed by atoms with E-state index in [1.807, 2.05) is 0 Å². The van der Waals surface area contributed by atoms with Gasteiger partial charge in [0.2, 0.25) is 0 Å². The molecule has 0 heterocycles. The van der Waals surface area contributed by atoms with Gasteiger partial charge in [-0.2, -0.15) is 8.42 Å². The number of amides is 2. The third kappa shape index (κ3) is 9.29.